The summed E-state index contributed by atoms with van der Waals surface area (Å²) in [4.78, 5) is 77.6. The molecule has 8 atom stereocenters. The quantitative estimate of drug-likeness (QED) is 0.339. The van der Waals surface area contributed by atoms with E-state index >= 15 is 0 Å². The highest BCUT2D eigenvalue weighted by molar-refractivity contribution is 5.93. The Labute approximate surface area is 243 Å². The van der Waals surface area contributed by atoms with Gasteiger partial charge in [-0.25, -0.2) is 4.79 Å². The molecule has 3 aliphatic rings. The van der Waals surface area contributed by atoms with Crippen molar-refractivity contribution in [1.29, 1.82) is 0 Å². The molecule has 0 amide bonds. The van der Waals surface area contributed by atoms with Gasteiger partial charge in [-0.2, -0.15) is 0 Å². The van der Waals surface area contributed by atoms with Crippen LogP contribution in [0.5, 0.6) is 0 Å². The van der Waals surface area contributed by atoms with Crippen LogP contribution in [0.15, 0.2) is 30.3 Å². The standard InChI is InChI=1S/C30H36O12/c1-15-13-21(41-27(36)20-11-9-8-10-12-20)24(38-17(3)32)29(14-37-16(2)31)26(40-19(5)34)23(35)22-25(39-18(4)33)30(15,29)42-28(22,6)7/h8-12,15,21-22,24-26H,13-14H2,1-7H3/t15-,21+,22-,24+,25-,26-,29+,30-/m1/s1. The first-order valence-corrected chi connectivity index (χ1v) is 13.7. The van der Waals surface area contributed by atoms with Gasteiger partial charge >= 0.3 is 29.8 Å². The normalized spacial score (nSPS) is 34.4. The summed E-state index contributed by atoms with van der Waals surface area (Å²) < 4.78 is 35.6. The molecular formula is C30H36O12. The molecule has 42 heavy (non-hydrogen) atoms. The summed E-state index contributed by atoms with van der Waals surface area (Å²) >= 11 is 0. The van der Waals surface area contributed by atoms with E-state index < -0.39 is 95.1 Å². The summed E-state index contributed by atoms with van der Waals surface area (Å²) in [5.74, 6) is -6.32. The minimum atomic E-state index is -2.00. The van der Waals surface area contributed by atoms with Crippen molar-refractivity contribution in [3.8, 4) is 0 Å². The van der Waals surface area contributed by atoms with Gasteiger partial charge < -0.3 is 28.4 Å². The second-order valence-electron chi connectivity index (χ2n) is 11.7. The highest BCUT2D eigenvalue weighted by atomic mass is 16.6. The lowest BCUT2D eigenvalue weighted by atomic mass is 9.47. The van der Waals surface area contributed by atoms with Crippen LogP contribution in [-0.2, 0) is 52.4 Å². The number of carbonyl (C=O) groups excluding carboxylic acids is 6. The predicted octanol–water partition coefficient (Wildman–Crippen LogP) is 2.34. The number of ether oxygens (including phenoxy) is 6. The van der Waals surface area contributed by atoms with Crippen molar-refractivity contribution in [1.82, 2.24) is 0 Å². The van der Waals surface area contributed by atoms with Crippen molar-refractivity contribution < 1.29 is 57.2 Å². The molecule has 1 aromatic rings. The van der Waals surface area contributed by atoms with Gasteiger partial charge in [0.25, 0.3) is 0 Å². The van der Waals surface area contributed by atoms with Gasteiger partial charge in [-0.1, -0.05) is 25.1 Å². The van der Waals surface area contributed by atoms with Crippen molar-refractivity contribution in [2.75, 3.05) is 6.61 Å². The molecule has 2 saturated carbocycles. The van der Waals surface area contributed by atoms with E-state index in [-0.39, 0.29) is 12.0 Å². The van der Waals surface area contributed by atoms with E-state index in [1.54, 1.807) is 51.1 Å². The Morgan fingerprint density at radius 2 is 1.40 bits per heavy atom. The fourth-order valence-electron chi connectivity index (χ4n) is 7.24. The molecule has 4 rings (SSSR count). The van der Waals surface area contributed by atoms with Crippen LogP contribution in [0.25, 0.3) is 0 Å². The number of fused-ring (bicyclic) bond motifs is 1. The van der Waals surface area contributed by atoms with Gasteiger partial charge in [0.15, 0.2) is 18.0 Å². The van der Waals surface area contributed by atoms with E-state index in [1.807, 2.05) is 0 Å². The molecule has 12 nitrogen and oxygen atoms in total. The van der Waals surface area contributed by atoms with Crippen LogP contribution in [0.1, 0.15) is 65.2 Å². The number of benzene rings is 1. The van der Waals surface area contributed by atoms with Gasteiger partial charge in [0.1, 0.15) is 29.8 Å². The molecule has 3 fully saturated rings. The predicted molar refractivity (Wildman–Crippen MR) is 142 cm³/mol. The first kappa shape index (κ1) is 31.1. The number of hydrogen-bond donors (Lipinski definition) is 0. The minimum Gasteiger partial charge on any atom is -0.465 e. The molecular weight excluding hydrogens is 552 g/mol. The fourth-order valence-corrected chi connectivity index (χ4v) is 7.24. The molecule has 12 heteroatoms. The lowest BCUT2D eigenvalue weighted by Gasteiger charge is -2.62. The van der Waals surface area contributed by atoms with Crippen molar-refractivity contribution in [3.63, 3.8) is 0 Å². The highest BCUT2D eigenvalue weighted by Gasteiger charge is 2.85. The fraction of sp³-hybridized carbons (Fsp3) is 0.600. The van der Waals surface area contributed by atoms with Crippen molar-refractivity contribution in [2.24, 2.45) is 17.3 Å². The Balaban J connectivity index is 2.02. The molecule has 1 aliphatic heterocycles. The minimum absolute atomic E-state index is 0.0277. The van der Waals surface area contributed by atoms with Crippen LogP contribution in [0.3, 0.4) is 0 Å². The Morgan fingerprint density at radius 3 is 1.95 bits per heavy atom. The van der Waals surface area contributed by atoms with Crippen LogP contribution in [-0.4, -0.2) is 77.9 Å². The second kappa shape index (κ2) is 11.1. The summed E-state index contributed by atoms with van der Waals surface area (Å²) in [7, 11) is 0. The SMILES string of the molecule is CC(=O)OC[C@]12[C@H](OC(C)=O)C(=O)[C@@H]3[C@@H](OC(C)=O)[C@]1(OC3(C)C)[C@H](C)C[C@H](OC(=O)c1ccccc1)[C@@H]2OC(C)=O. The molecule has 0 aromatic heterocycles. The average Bonchev–Trinajstić information content (AvgIpc) is 3.08. The van der Waals surface area contributed by atoms with Crippen LogP contribution in [0, 0.1) is 17.3 Å². The number of esters is 5. The molecule has 228 valence electrons. The van der Waals surface area contributed by atoms with Gasteiger partial charge in [-0.15, -0.1) is 0 Å². The topological polar surface area (TPSA) is 158 Å². The van der Waals surface area contributed by atoms with E-state index in [9.17, 15) is 28.8 Å². The molecule has 1 aromatic carbocycles. The molecule has 2 bridgehead atoms. The molecule has 1 heterocycles. The molecule has 0 N–H and O–H groups in total. The smallest absolute Gasteiger partial charge is 0.338 e. The second-order valence-corrected chi connectivity index (χ2v) is 11.7. The van der Waals surface area contributed by atoms with Gasteiger partial charge in [-0.05, 0) is 38.3 Å². The molecule has 1 spiro atoms. The lowest BCUT2D eigenvalue weighted by molar-refractivity contribution is -0.313. The summed E-state index contributed by atoms with van der Waals surface area (Å²) in [6.45, 7) is 8.91. The van der Waals surface area contributed by atoms with Crippen LogP contribution < -0.4 is 0 Å². The number of carbonyl (C=O) groups is 6. The lowest BCUT2D eigenvalue weighted by Crippen LogP contribution is -2.80. The van der Waals surface area contributed by atoms with Gasteiger partial charge in [-0.3, -0.25) is 24.0 Å². The van der Waals surface area contributed by atoms with Gasteiger partial charge in [0.2, 0.25) is 0 Å². The van der Waals surface area contributed by atoms with Crippen molar-refractivity contribution in [3.05, 3.63) is 35.9 Å². The zero-order valence-electron chi connectivity index (χ0n) is 24.7. The van der Waals surface area contributed by atoms with Crippen molar-refractivity contribution in [2.45, 2.75) is 90.5 Å². The highest BCUT2D eigenvalue weighted by Crippen LogP contribution is 2.67. The summed E-state index contributed by atoms with van der Waals surface area (Å²) in [5.41, 5.74) is -4.76. The van der Waals surface area contributed by atoms with E-state index in [4.69, 9.17) is 28.4 Å². The van der Waals surface area contributed by atoms with Crippen LogP contribution in [0.4, 0.5) is 0 Å². The Morgan fingerprint density at radius 1 is 0.833 bits per heavy atom. The molecule has 2 aliphatic carbocycles. The first-order chi connectivity index (χ1) is 19.6. The first-order valence-electron chi connectivity index (χ1n) is 13.7. The largest absolute Gasteiger partial charge is 0.465 e. The number of hydrogen-bond acceptors (Lipinski definition) is 12. The summed E-state index contributed by atoms with van der Waals surface area (Å²) in [5, 5.41) is 0. The average molecular weight is 589 g/mol. The van der Waals surface area contributed by atoms with E-state index in [0.29, 0.717) is 0 Å². The summed E-state index contributed by atoms with van der Waals surface area (Å²) in [6, 6.07) is 8.11. The number of ketones is 1. The third kappa shape index (κ3) is 4.95. The van der Waals surface area contributed by atoms with Gasteiger partial charge in [0, 0.05) is 27.7 Å². The van der Waals surface area contributed by atoms with E-state index in [1.165, 1.54) is 6.92 Å². The Hall–Kier alpha value is -3.80. The molecule has 1 saturated heterocycles. The van der Waals surface area contributed by atoms with Crippen molar-refractivity contribution >= 4 is 35.6 Å². The van der Waals surface area contributed by atoms with Crippen LogP contribution >= 0.6 is 0 Å². The molecule has 0 unspecified atom stereocenters. The van der Waals surface area contributed by atoms with E-state index in [2.05, 4.69) is 0 Å². The Kier molecular flexibility index (Phi) is 8.25. The maximum absolute atomic E-state index is 14.4. The van der Waals surface area contributed by atoms with E-state index in [0.717, 1.165) is 20.8 Å². The zero-order valence-corrected chi connectivity index (χ0v) is 24.7. The summed E-state index contributed by atoms with van der Waals surface area (Å²) in [6.07, 6.45) is -5.68. The number of rotatable bonds is 7. The third-order valence-corrected chi connectivity index (χ3v) is 8.48. The zero-order chi connectivity index (χ0) is 31.2. The maximum atomic E-state index is 14.4. The molecule has 0 radical (unpaired) electrons. The monoisotopic (exact) mass is 588 g/mol. The maximum Gasteiger partial charge on any atom is 0.338 e. The Bertz CT molecular complexity index is 1290. The van der Waals surface area contributed by atoms with Gasteiger partial charge in [0.05, 0.1) is 17.1 Å². The van der Waals surface area contributed by atoms with Crippen LogP contribution in [0.2, 0.25) is 0 Å². The third-order valence-electron chi connectivity index (χ3n) is 8.48. The number of Topliss-reactive ketones (excluding diaryl/α,β-unsaturated/α-hetero) is 1.